The van der Waals surface area contributed by atoms with Gasteiger partial charge in [0.1, 0.15) is 5.75 Å². The zero-order chi connectivity index (χ0) is 15.3. The lowest BCUT2D eigenvalue weighted by atomic mass is 10.2. The Morgan fingerprint density at radius 3 is 2.57 bits per heavy atom. The Balaban J connectivity index is 2.12. The quantitative estimate of drug-likeness (QED) is 0.825. The molecule has 1 aliphatic heterocycles. The van der Waals surface area contributed by atoms with Gasteiger partial charge in [0.15, 0.2) is 6.61 Å². The average Bonchev–Trinajstić information content (AvgIpc) is 2.47. The van der Waals surface area contributed by atoms with Crippen molar-refractivity contribution in [1.29, 1.82) is 0 Å². The molecule has 2 rings (SSSR count). The number of hydrogen-bond acceptors (Lipinski definition) is 4. The molecule has 0 atom stereocenters. The van der Waals surface area contributed by atoms with E-state index in [1.807, 2.05) is 0 Å². The molecule has 0 bridgehead atoms. The van der Waals surface area contributed by atoms with E-state index in [9.17, 15) is 13.2 Å². The summed E-state index contributed by atoms with van der Waals surface area (Å²) in [5, 5.41) is 8.63. The second kappa shape index (κ2) is 6.77. The van der Waals surface area contributed by atoms with Crippen molar-refractivity contribution in [3.8, 4) is 5.75 Å². The van der Waals surface area contributed by atoms with Gasteiger partial charge in [-0.15, -0.1) is 0 Å². The topological polar surface area (TPSA) is 95.9 Å². The van der Waals surface area contributed by atoms with Gasteiger partial charge < -0.3 is 9.84 Å². The molecule has 8 heteroatoms. The van der Waals surface area contributed by atoms with Crippen LogP contribution in [0.2, 0.25) is 0 Å². The lowest BCUT2D eigenvalue weighted by Gasteiger charge is -2.26. The van der Waals surface area contributed by atoms with Crippen LogP contribution in [0.3, 0.4) is 0 Å². The number of carboxylic acids is 1. The number of para-hydroxylation sites is 2. The molecule has 116 valence electrons. The predicted molar refractivity (Wildman–Crippen MR) is 77.5 cm³/mol. The fourth-order valence-corrected chi connectivity index (χ4v) is 3.44. The number of carboxylic acid groups (broad SMARTS) is 1. The summed E-state index contributed by atoms with van der Waals surface area (Å²) in [6.07, 6.45) is 2.72. The van der Waals surface area contributed by atoms with Gasteiger partial charge in [-0.3, -0.25) is 4.72 Å². The SMILES string of the molecule is O=C(O)COc1ccccc1NS(=O)(=O)N1CCCCC1. The minimum atomic E-state index is -3.64. The zero-order valence-corrected chi connectivity index (χ0v) is 12.3. The van der Waals surface area contributed by atoms with E-state index >= 15 is 0 Å². The number of hydrogen-bond donors (Lipinski definition) is 2. The van der Waals surface area contributed by atoms with E-state index in [-0.39, 0.29) is 11.4 Å². The molecule has 0 saturated carbocycles. The molecular weight excluding hydrogens is 296 g/mol. The lowest BCUT2D eigenvalue weighted by molar-refractivity contribution is -0.139. The van der Waals surface area contributed by atoms with Crippen LogP contribution < -0.4 is 9.46 Å². The highest BCUT2D eigenvalue weighted by molar-refractivity contribution is 7.90. The molecule has 7 nitrogen and oxygen atoms in total. The Bertz CT molecular complexity index is 596. The second-order valence-corrected chi connectivity index (χ2v) is 6.42. The zero-order valence-electron chi connectivity index (χ0n) is 11.5. The van der Waals surface area contributed by atoms with Gasteiger partial charge in [-0.25, -0.2) is 4.79 Å². The summed E-state index contributed by atoms with van der Waals surface area (Å²) in [4.78, 5) is 10.5. The average molecular weight is 314 g/mol. The number of anilines is 1. The van der Waals surface area contributed by atoms with Crippen molar-refractivity contribution in [2.24, 2.45) is 0 Å². The van der Waals surface area contributed by atoms with E-state index in [1.165, 1.54) is 10.4 Å². The third-order valence-corrected chi connectivity index (χ3v) is 4.65. The van der Waals surface area contributed by atoms with Crippen molar-refractivity contribution >= 4 is 21.9 Å². The maximum atomic E-state index is 12.3. The molecular formula is C13H18N2O5S. The van der Waals surface area contributed by atoms with Crippen LogP contribution in [0.4, 0.5) is 5.69 Å². The number of nitrogens with one attached hydrogen (secondary N) is 1. The first kappa shape index (κ1) is 15.6. The molecule has 21 heavy (non-hydrogen) atoms. The summed E-state index contributed by atoms with van der Waals surface area (Å²) in [7, 11) is -3.64. The van der Waals surface area contributed by atoms with Gasteiger partial charge in [0.2, 0.25) is 0 Å². The van der Waals surface area contributed by atoms with Crippen molar-refractivity contribution in [2.75, 3.05) is 24.4 Å². The Morgan fingerprint density at radius 2 is 1.90 bits per heavy atom. The van der Waals surface area contributed by atoms with Crippen LogP contribution in [0.15, 0.2) is 24.3 Å². The van der Waals surface area contributed by atoms with Gasteiger partial charge in [0, 0.05) is 13.1 Å². The first-order valence-electron chi connectivity index (χ1n) is 6.70. The summed E-state index contributed by atoms with van der Waals surface area (Å²) in [6, 6.07) is 6.37. The van der Waals surface area contributed by atoms with Crippen molar-refractivity contribution < 1.29 is 23.1 Å². The van der Waals surface area contributed by atoms with Gasteiger partial charge in [0.05, 0.1) is 5.69 Å². The summed E-state index contributed by atoms with van der Waals surface area (Å²) >= 11 is 0. The van der Waals surface area contributed by atoms with E-state index in [2.05, 4.69) is 4.72 Å². The van der Waals surface area contributed by atoms with Gasteiger partial charge in [-0.2, -0.15) is 12.7 Å². The molecule has 0 aliphatic carbocycles. The largest absolute Gasteiger partial charge is 0.480 e. The fraction of sp³-hybridized carbons (Fsp3) is 0.462. The van der Waals surface area contributed by atoms with Gasteiger partial charge in [-0.1, -0.05) is 18.6 Å². The van der Waals surface area contributed by atoms with Crippen LogP contribution in [-0.2, 0) is 15.0 Å². The molecule has 0 radical (unpaired) electrons. The molecule has 1 heterocycles. The molecule has 0 unspecified atom stereocenters. The minimum Gasteiger partial charge on any atom is -0.480 e. The van der Waals surface area contributed by atoms with Crippen molar-refractivity contribution in [3.63, 3.8) is 0 Å². The maximum absolute atomic E-state index is 12.3. The first-order valence-corrected chi connectivity index (χ1v) is 8.14. The van der Waals surface area contributed by atoms with Crippen LogP contribution in [0.1, 0.15) is 19.3 Å². The van der Waals surface area contributed by atoms with Gasteiger partial charge in [-0.05, 0) is 25.0 Å². The third-order valence-electron chi connectivity index (χ3n) is 3.13. The molecule has 1 saturated heterocycles. The van der Waals surface area contributed by atoms with Crippen molar-refractivity contribution in [1.82, 2.24) is 4.31 Å². The maximum Gasteiger partial charge on any atom is 0.341 e. The van der Waals surface area contributed by atoms with E-state index in [4.69, 9.17) is 9.84 Å². The highest BCUT2D eigenvalue weighted by Gasteiger charge is 2.24. The normalized spacial score (nSPS) is 16.4. The molecule has 1 aromatic rings. The van der Waals surface area contributed by atoms with Crippen LogP contribution in [0, 0.1) is 0 Å². The van der Waals surface area contributed by atoms with E-state index < -0.39 is 22.8 Å². The first-order chi connectivity index (χ1) is 9.99. The summed E-state index contributed by atoms with van der Waals surface area (Å²) in [5.41, 5.74) is 0.240. The standard InChI is InChI=1S/C13H18N2O5S/c16-13(17)10-20-12-7-3-2-6-11(12)14-21(18,19)15-8-4-1-5-9-15/h2-3,6-7,14H,1,4-5,8-10H2,(H,16,17). The molecule has 2 N–H and O–H groups in total. The second-order valence-electron chi connectivity index (χ2n) is 4.75. The Kier molecular flexibility index (Phi) is 5.03. The number of rotatable bonds is 6. The molecule has 0 amide bonds. The lowest BCUT2D eigenvalue weighted by Crippen LogP contribution is -2.39. The summed E-state index contributed by atoms with van der Waals surface area (Å²) < 4.78 is 33.5. The van der Waals surface area contributed by atoms with Crippen molar-refractivity contribution in [2.45, 2.75) is 19.3 Å². The number of carbonyl (C=O) groups is 1. The molecule has 0 spiro atoms. The van der Waals surface area contributed by atoms with Crippen LogP contribution in [0.25, 0.3) is 0 Å². The number of aliphatic carboxylic acids is 1. The minimum absolute atomic E-state index is 0.195. The number of piperidine rings is 1. The van der Waals surface area contributed by atoms with Gasteiger partial charge >= 0.3 is 16.2 Å². The third kappa shape index (κ3) is 4.33. The molecule has 1 aromatic carbocycles. The fourth-order valence-electron chi connectivity index (χ4n) is 2.13. The van der Waals surface area contributed by atoms with E-state index in [1.54, 1.807) is 18.2 Å². The monoisotopic (exact) mass is 314 g/mol. The molecule has 0 aromatic heterocycles. The van der Waals surface area contributed by atoms with E-state index in [0.717, 1.165) is 19.3 Å². The van der Waals surface area contributed by atoms with Crippen LogP contribution in [-0.4, -0.2) is 43.5 Å². The Morgan fingerprint density at radius 1 is 1.24 bits per heavy atom. The van der Waals surface area contributed by atoms with E-state index in [0.29, 0.717) is 13.1 Å². The van der Waals surface area contributed by atoms with Crippen LogP contribution in [0.5, 0.6) is 5.75 Å². The number of nitrogens with zero attached hydrogens (tertiary/aromatic N) is 1. The molecule has 1 aliphatic rings. The van der Waals surface area contributed by atoms with Crippen molar-refractivity contribution in [3.05, 3.63) is 24.3 Å². The molecule has 1 fully saturated rings. The van der Waals surface area contributed by atoms with Crippen LogP contribution >= 0.6 is 0 Å². The summed E-state index contributed by atoms with van der Waals surface area (Å²) in [5.74, 6) is -0.927. The van der Waals surface area contributed by atoms with Gasteiger partial charge in [0.25, 0.3) is 0 Å². The smallest absolute Gasteiger partial charge is 0.341 e. The number of ether oxygens (including phenoxy) is 1. The predicted octanol–water partition coefficient (Wildman–Crippen LogP) is 1.29. The number of benzene rings is 1. The Hall–Kier alpha value is -1.80. The summed E-state index contributed by atoms with van der Waals surface area (Å²) in [6.45, 7) is 0.462. The Labute approximate surface area is 123 Å². The highest BCUT2D eigenvalue weighted by atomic mass is 32.2. The highest BCUT2D eigenvalue weighted by Crippen LogP contribution is 2.26.